The van der Waals surface area contributed by atoms with Crippen LogP contribution in [0.3, 0.4) is 0 Å². The molecular weight excluding hydrogens is 158 g/mol. The highest BCUT2D eigenvalue weighted by molar-refractivity contribution is 5.37. The van der Waals surface area contributed by atoms with Crippen LogP contribution in [-0.4, -0.2) is 48.9 Å². The van der Waals surface area contributed by atoms with Crippen LogP contribution in [-0.2, 0) is 9.53 Å². The second-order valence-electron chi connectivity index (χ2n) is 3.47. The van der Waals surface area contributed by atoms with E-state index in [4.69, 9.17) is 0 Å². The highest BCUT2D eigenvalue weighted by Gasteiger charge is 2.67. The molecule has 4 fully saturated rings. The highest BCUT2D eigenvalue weighted by atomic mass is 16.5. The van der Waals surface area contributed by atoms with E-state index in [9.17, 15) is 4.79 Å². The van der Waals surface area contributed by atoms with E-state index in [0.717, 1.165) is 6.54 Å². The van der Waals surface area contributed by atoms with Crippen LogP contribution < -0.4 is 10.6 Å². The van der Waals surface area contributed by atoms with Crippen LogP contribution in [0.15, 0.2) is 0 Å². The van der Waals surface area contributed by atoms with Gasteiger partial charge in [-0.15, -0.1) is 0 Å². The van der Waals surface area contributed by atoms with Crippen LogP contribution in [0.2, 0.25) is 0 Å². The predicted octanol–water partition coefficient (Wildman–Crippen LogP) is -1.93. The van der Waals surface area contributed by atoms with Crippen LogP contribution in [0.1, 0.15) is 0 Å². The fourth-order valence-electron chi connectivity index (χ4n) is 2.38. The Morgan fingerprint density at radius 1 is 1.33 bits per heavy atom. The molecule has 0 aromatic carbocycles. The molecule has 0 aromatic rings. The van der Waals surface area contributed by atoms with E-state index in [2.05, 4.69) is 20.3 Å². The first-order valence-corrected chi connectivity index (χ1v) is 4.25. The first-order valence-electron chi connectivity index (χ1n) is 4.25. The van der Waals surface area contributed by atoms with Gasteiger partial charge >= 0.3 is 0 Å². The lowest BCUT2D eigenvalue weighted by molar-refractivity contribution is -0.128. The van der Waals surface area contributed by atoms with E-state index in [1.807, 2.05) is 0 Å². The summed E-state index contributed by atoms with van der Waals surface area (Å²) in [6, 6.07) is 1.32. The second-order valence-corrected chi connectivity index (χ2v) is 3.47. The van der Waals surface area contributed by atoms with Gasteiger partial charge in [-0.25, -0.2) is 0 Å². The molecule has 4 aliphatic heterocycles. The molecule has 0 aromatic heterocycles. The monoisotopic (exact) mass is 169 g/mol. The fourth-order valence-corrected chi connectivity index (χ4v) is 2.38. The number of rotatable bonds is 4. The normalized spacial score (nSPS) is 52.5. The standard InChI is InChI=1S/C7H11N3O2/c11-3-12-2-1-10-4-5(10)7-8-6(4)9-7/h3-9H,1-2H2. The van der Waals surface area contributed by atoms with Crippen molar-refractivity contribution in [1.82, 2.24) is 15.5 Å². The lowest BCUT2D eigenvalue weighted by Crippen LogP contribution is -2.67. The van der Waals surface area contributed by atoms with Gasteiger partial charge in [-0.1, -0.05) is 0 Å². The molecule has 2 N–H and O–H groups in total. The van der Waals surface area contributed by atoms with Gasteiger partial charge in [-0.2, -0.15) is 0 Å². The average molecular weight is 169 g/mol. The zero-order valence-corrected chi connectivity index (χ0v) is 6.56. The minimum Gasteiger partial charge on any atom is -0.467 e. The minimum absolute atomic E-state index is 0.497. The number of carbonyl (C=O) groups is 1. The smallest absolute Gasteiger partial charge is 0.293 e. The predicted molar refractivity (Wildman–Crippen MR) is 40.1 cm³/mol. The van der Waals surface area contributed by atoms with Crippen LogP contribution in [0.25, 0.3) is 0 Å². The summed E-state index contributed by atoms with van der Waals surface area (Å²) in [5.41, 5.74) is 0. The first-order chi connectivity index (χ1) is 5.92. The topological polar surface area (TPSA) is 53.4 Å². The Labute approximate surface area is 70.0 Å². The van der Waals surface area contributed by atoms with Crippen LogP contribution in [0.5, 0.6) is 0 Å². The Morgan fingerprint density at radius 3 is 2.58 bits per heavy atom. The van der Waals surface area contributed by atoms with Crippen molar-refractivity contribution in [3.8, 4) is 0 Å². The summed E-state index contributed by atoms with van der Waals surface area (Å²) in [5, 5.41) is 6.75. The number of nitrogens with zero attached hydrogens (tertiary/aromatic N) is 1. The number of piperazine rings is 2. The molecule has 2 atom stereocenters. The van der Waals surface area contributed by atoms with Gasteiger partial charge in [0.15, 0.2) is 0 Å². The highest BCUT2D eigenvalue weighted by Crippen LogP contribution is 2.42. The second kappa shape index (κ2) is 2.18. The lowest BCUT2D eigenvalue weighted by Gasteiger charge is -2.34. The van der Waals surface area contributed by atoms with Crippen molar-refractivity contribution in [2.75, 3.05) is 13.2 Å². The number of nitrogens with one attached hydrogen (secondary N) is 2. The van der Waals surface area contributed by atoms with E-state index in [1.54, 1.807) is 0 Å². The maximum absolute atomic E-state index is 9.86. The Morgan fingerprint density at radius 2 is 2.00 bits per heavy atom. The third kappa shape index (κ3) is 0.708. The summed E-state index contributed by atoms with van der Waals surface area (Å²) in [6.07, 6.45) is 0.993. The van der Waals surface area contributed by atoms with E-state index in [1.165, 1.54) is 0 Å². The van der Waals surface area contributed by atoms with Crippen molar-refractivity contribution in [1.29, 1.82) is 0 Å². The third-order valence-electron chi connectivity index (χ3n) is 2.96. The minimum atomic E-state index is 0.497. The molecule has 5 nitrogen and oxygen atoms in total. The summed E-state index contributed by atoms with van der Waals surface area (Å²) in [6.45, 7) is 1.91. The lowest BCUT2D eigenvalue weighted by atomic mass is 10.4. The number of carbonyl (C=O) groups excluding carboxylic acids is 1. The maximum atomic E-state index is 9.86. The Bertz CT molecular complexity index is 203. The SMILES string of the molecule is O=COCCN1C2C3NC(N3)C21. The van der Waals surface area contributed by atoms with E-state index in [0.29, 0.717) is 37.5 Å². The van der Waals surface area contributed by atoms with Gasteiger partial charge in [0.25, 0.3) is 6.47 Å². The van der Waals surface area contributed by atoms with Crippen molar-refractivity contribution < 1.29 is 9.53 Å². The summed E-state index contributed by atoms with van der Waals surface area (Å²) in [5.74, 6) is 0. The van der Waals surface area contributed by atoms with Gasteiger partial charge in [0, 0.05) is 6.54 Å². The molecular formula is C7H11N3O2. The average Bonchev–Trinajstić information content (AvgIpc) is 2.39. The van der Waals surface area contributed by atoms with Crippen LogP contribution >= 0.6 is 0 Å². The van der Waals surface area contributed by atoms with E-state index >= 15 is 0 Å². The zero-order chi connectivity index (χ0) is 8.13. The summed E-state index contributed by atoms with van der Waals surface area (Å²) >= 11 is 0. The summed E-state index contributed by atoms with van der Waals surface area (Å²) in [7, 11) is 0. The summed E-state index contributed by atoms with van der Waals surface area (Å²) < 4.78 is 4.64. The molecule has 4 rings (SSSR count). The van der Waals surface area contributed by atoms with Gasteiger partial charge in [0.1, 0.15) is 6.61 Å². The van der Waals surface area contributed by atoms with Crippen molar-refractivity contribution in [3.05, 3.63) is 0 Å². The number of hydrogen-bond acceptors (Lipinski definition) is 5. The molecule has 2 bridgehead atoms. The van der Waals surface area contributed by atoms with E-state index in [-0.39, 0.29) is 0 Å². The fraction of sp³-hybridized carbons (Fsp3) is 0.857. The molecule has 4 heterocycles. The van der Waals surface area contributed by atoms with E-state index < -0.39 is 0 Å². The van der Waals surface area contributed by atoms with Gasteiger partial charge in [0.05, 0.1) is 24.4 Å². The van der Waals surface area contributed by atoms with Crippen LogP contribution in [0.4, 0.5) is 0 Å². The molecule has 4 saturated heterocycles. The van der Waals surface area contributed by atoms with Crippen molar-refractivity contribution >= 4 is 6.47 Å². The van der Waals surface area contributed by atoms with Gasteiger partial charge in [-0.05, 0) is 0 Å². The van der Waals surface area contributed by atoms with Gasteiger partial charge in [0.2, 0.25) is 0 Å². The molecule has 0 spiro atoms. The molecule has 66 valence electrons. The Balaban J connectivity index is 1.48. The third-order valence-corrected chi connectivity index (χ3v) is 2.96. The van der Waals surface area contributed by atoms with Gasteiger partial charge in [-0.3, -0.25) is 20.3 Å². The van der Waals surface area contributed by atoms with Gasteiger partial charge < -0.3 is 4.74 Å². The Kier molecular flexibility index (Phi) is 1.24. The molecule has 0 saturated carbocycles. The molecule has 5 heteroatoms. The van der Waals surface area contributed by atoms with Crippen molar-refractivity contribution in [2.24, 2.45) is 0 Å². The molecule has 0 radical (unpaired) electrons. The quantitative estimate of drug-likeness (QED) is 0.292. The van der Waals surface area contributed by atoms with Crippen molar-refractivity contribution in [2.45, 2.75) is 24.4 Å². The molecule has 12 heavy (non-hydrogen) atoms. The largest absolute Gasteiger partial charge is 0.467 e. The molecule has 0 aliphatic carbocycles. The molecule has 0 amide bonds. The van der Waals surface area contributed by atoms with Crippen molar-refractivity contribution in [3.63, 3.8) is 0 Å². The number of hydrogen-bond donors (Lipinski definition) is 2. The zero-order valence-electron chi connectivity index (χ0n) is 6.56. The molecule has 4 aliphatic rings. The maximum Gasteiger partial charge on any atom is 0.293 e. The number of ether oxygens (including phenoxy) is 1. The summed E-state index contributed by atoms with van der Waals surface area (Å²) in [4.78, 5) is 12.2. The van der Waals surface area contributed by atoms with Crippen LogP contribution in [0, 0.1) is 0 Å². The molecule has 2 unspecified atom stereocenters. The Hall–Kier alpha value is -0.650. The first kappa shape index (κ1) is 6.82.